The summed E-state index contributed by atoms with van der Waals surface area (Å²) in [6.07, 6.45) is 6.82. The number of nitrogens with zero attached hydrogens (tertiary/aromatic N) is 3. The average molecular weight is 472 g/mol. The number of nitrogens with one attached hydrogen (secondary N) is 2. The van der Waals surface area contributed by atoms with Crippen molar-refractivity contribution in [2.24, 2.45) is 11.8 Å². The molecule has 0 bridgehead atoms. The minimum Gasteiger partial charge on any atom is -0.335 e. The first-order chi connectivity index (χ1) is 16.5. The van der Waals surface area contributed by atoms with Crippen molar-refractivity contribution >= 4 is 17.8 Å². The van der Waals surface area contributed by atoms with Crippen molar-refractivity contribution in [2.75, 3.05) is 39.3 Å². The Kier molecular flexibility index (Phi) is 6.72. The molecule has 3 atom stereocenters. The number of halogens is 1. The van der Waals surface area contributed by atoms with E-state index in [1.165, 1.54) is 6.07 Å². The zero-order valence-electron chi connectivity index (χ0n) is 19.6. The zero-order valence-corrected chi connectivity index (χ0v) is 19.6. The molecule has 5 rings (SSSR count). The summed E-state index contributed by atoms with van der Waals surface area (Å²) in [5.41, 5.74) is 6.92. The van der Waals surface area contributed by atoms with Crippen LogP contribution in [0.4, 0.5) is 9.18 Å². The predicted molar refractivity (Wildman–Crippen MR) is 124 cm³/mol. The maximum atomic E-state index is 14.7. The van der Waals surface area contributed by atoms with Crippen molar-refractivity contribution in [1.29, 1.82) is 0 Å². The Labute approximate surface area is 199 Å². The molecule has 1 aliphatic carbocycles. The first-order valence-electron chi connectivity index (χ1n) is 12.7. The van der Waals surface area contributed by atoms with E-state index in [1.807, 2.05) is 4.90 Å². The number of likely N-dealkylation sites (tertiary alicyclic amines) is 1. The second-order valence-electron chi connectivity index (χ2n) is 10.1. The van der Waals surface area contributed by atoms with Gasteiger partial charge >= 0.3 is 6.03 Å². The van der Waals surface area contributed by atoms with Crippen molar-refractivity contribution < 1.29 is 18.8 Å². The third-order valence-electron chi connectivity index (χ3n) is 7.98. The molecule has 0 aromatic heterocycles. The summed E-state index contributed by atoms with van der Waals surface area (Å²) in [6.45, 7) is 3.35. The molecule has 3 saturated heterocycles. The summed E-state index contributed by atoms with van der Waals surface area (Å²) < 4.78 is 14.7. The zero-order chi connectivity index (χ0) is 23.7. The molecular formula is C25H34FN5O3. The number of fused-ring (bicyclic) bond motifs is 1. The number of rotatable bonds is 3. The Morgan fingerprint density at radius 1 is 0.912 bits per heavy atom. The van der Waals surface area contributed by atoms with Crippen LogP contribution >= 0.6 is 0 Å². The van der Waals surface area contributed by atoms with Crippen LogP contribution in [-0.4, -0.2) is 77.9 Å². The Bertz CT molecular complexity index is 942. The number of hydrogen-bond acceptors (Lipinski definition) is 4. The number of hydrogen-bond donors (Lipinski definition) is 2. The van der Waals surface area contributed by atoms with E-state index in [9.17, 15) is 18.8 Å². The molecule has 4 fully saturated rings. The fourth-order valence-corrected chi connectivity index (χ4v) is 6.03. The van der Waals surface area contributed by atoms with Crippen molar-refractivity contribution in [1.82, 2.24) is 25.6 Å². The molecule has 2 N–H and O–H groups in total. The molecule has 4 amide bonds. The molecule has 1 aromatic carbocycles. The smallest absolute Gasteiger partial charge is 0.320 e. The van der Waals surface area contributed by atoms with Crippen LogP contribution in [0.2, 0.25) is 0 Å². The van der Waals surface area contributed by atoms with E-state index in [-0.39, 0.29) is 41.3 Å². The lowest BCUT2D eigenvalue weighted by Gasteiger charge is -2.41. The normalized spacial score (nSPS) is 27.4. The first kappa shape index (κ1) is 23.1. The number of hydrazine groups is 1. The quantitative estimate of drug-likeness (QED) is 0.708. The number of benzene rings is 1. The summed E-state index contributed by atoms with van der Waals surface area (Å²) in [5.74, 6) is -0.495. The van der Waals surface area contributed by atoms with Gasteiger partial charge in [0.15, 0.2) is 0 Å². The van der Waals surface area contributed by atoms with E-state index in [4.69, 9.17) is 0 Å². The molecule has 3 unspecified atom stereocenters. The molecule has 34 heavy (non-hydrogen) atoms. The van der Waals surface area contributed by atoms with E-state index in [1.54, 1.807) is 21.9 Å². The van der Waals surface area contributed by atoms with Crippen LogP contribution in [0.3, 0.4) is 0 Å². The number of amides is 4. The monoisotopic (exact) mass is 471 g/mol. The van der Waals surface area contributed by atoms with Crippen molar-refractivity contribution in [3.63, 3.8) is 0 Å². The highest BCUT2D eigenvalue weighted by Crippen LogP contribution is 2.35. The third kappa shape index (κ3) is 4.62. The van der Waals surface area contributed by atoms with Crippen LogP contribution < -0.4 is 10.9 Å². The van der Waals surface area contributed by atoms with Gasteiger partial charge in [-0.25, -0.2) is 14.6 Å². The molecule has 3 heterocycles. The molecule has 0 spiro atoms. The van der Waals surface area contributed by atoms with Gasteiger partial charge < -0.3 is 14.7 Å². The van der Waals surface area contributed by atoms with Crippen molar-refractivity contribution in [3.05, 3.63) is 35.1 Å². The van der Waals surface area contributed by atoms with Gasteiger partial charge in [-0.3, -0.25) is 15.0 Å². The van der Waals surface area contributed by atoms with Crippen LogP contribution in [0.25, 0.3) is 0 Å². The standard InChI is InChI=1S/C25H34FN5O3/c26-21-8-7-17(16-22-18-5-1-2-6-19(18)23(32)28-27-22)15-20(21)24(33)29-11-13-31(14-12-29)25(34)30-9-3-4-10-30/h7-8,15,18-19,22,27H,1-6,9-14,16H2,(H,28,32). The summed E-state index contributed by atoms with van der Waals surface area (Å²) in [7, 11) is 0. The third-order valence-corrected chi connectivity index (χ3v) is 7.98. The largest absolute Gasteiger partial charge is 0.335 e. The highest BCUT2D eigenvalue weighted by atomic mass is 19.1. The minimum atomic E-state index is -0.523. The maximum Gasteiger partial charge on any atom is 0.320 e. The number of carbonyl (C=O) groups is 3. The number of urea groups is 1. The summed E-state index contributed by atoms with van der Waals surface area (Å²) in [4.78, 5) is 43.3. The minimum absolute atomic E-state index is 0.0288. The SMILES string of the molecule is O=C1NNC(Cc2ccc(F)c(C(=O)N3CCN(C(=O)N4CCCC4)CC3)c2)C2CCCCC12. The molecule has 184 valence electrons. The second-order valence-corrected chi connectivity index (χ2v) is 10.1. The Morgan fingerprint density at radius 3 is 2.35 bits per heavy atom. The van der Waals surface area contributed by atoms with Crippen LogP contribution in [-0.2, 0) is 11.2 Å². The van der Waals surface area contributed by atoms with Gasteiger partial charge in [-0.2, -0.15) is 0 Å². The lowest BCUT2D eigenvalue weighted by molar-refractivity contribution is -0.133. The van der Waals surface area contributed by atoms with E-state index in [0.29, 0.717) is 32.6 Å². The van der Waals surface area contributed by atoms with Crippen LogP contribution in [0, 0.1) is 17.7 Å². The van der Waals surface area contributed by atoms with Crippen molar-refractivity contribution in [2.45, 2.75) is 51.0 Å². The van der Waals surface area contributed by atoms with Crippen molar-refractivity contribution in [3.8, 4) is 0 Å². The fraction of sp³-hybridized carbons (Fsp3) is 0.640. The average Bonchev–Trinajstić information content (AvgIpc) is 3.41. The maximum absolute atomic E-state index is 14.7. The lowest BCUT2D eigenvalue weighted by Crippen LogP contribution is -2.60. The highest BCUT2D eigenvalue weighted by Gasteiger charge is 2.40. The molecular weight excluding hydrogens is 437 g/mol. The topological polar surface area (TPSA) is 85.0 Å². The number of carbonyl (C=O) groups excluding carboxylic acids is 3. The van der Waals surface area contributed by atoms with Gasteiger partial charge in [0.05, 0.1) is 5.56 Å². The van der Waals surface area contributed by atoms with Gasteiger partial charge in [-0.15, -0.1) is 0 Å². The van der Waals surface area contributed by atoms with Gasteiger partial charge in [0.2, 0.25) is 5.91 Å². The highest BCUT2D eigenvalue weighted by molar-refractivity contribution is 5.95. The number of piperazine rings is 1. The van der Waals surface area contributed by atoms with Gasteiger partial charge in [0, 0.05) is 51.2 Å². The van der Waals surface area contributed by atoms with Crippen LogP contribution in [0.15, 0.2) is 18.2 Å². The summed E-state index contributed by atoms with van der Waals surface area (Å²) in [6, 6.07) is 4.88. The van der Waals surface area contributed by atoms with Crippen LogP contribution in [0.5, 0.6) is 0 Å². The Morgan fingerprint density at radius 2 is 1.59 bits per heavy atom. The molecule has 9 heteroatoms. The summed E-state index contributed by atoms with van der Waals surface area (Å²) in [5, 5.41) is 0. The molecule has 0 radical (unpaired) electrons. The molecule has 1 aromatic rings. The summed E-state index contributed by atoms with van der Waals surface area (Å²) >= 11 is 0. The van der Waals surface area contributed by atoms with Gasteiger partial charge in [0.25, 0.3) is 5.91 Å². The van der Waals surface area contributed by atoms with Gasteiger partial charge in [-0.05, 0) is 55.7 Å². The Balaban J connectivity index is 1.23. The Hall–Kier alpha value is -2.68. The van der Waals surface area contributed by atoms with Gasteiger partial charge in [-0.1, -0.05) is 18.9 Å². The van der Waals surface area contributed by atoms with E-state index in [2.05, 4.69) is 10.9 Å². The molecule has 4 aliphatic rings. The molecule has 3 aliphatic heterocycles. The lowest BCUT2D eigenvalue weighted by atomic mass is 9.72. The molecule has 1 saturated carbocycles. The predicted octanol–water partition coefficient (Wildman–Crippen LogP) is 2.15. The van der Waals surface area contributed by atoms with Gasteiger partial charge in [0.1, 0.15) is 5.82 Å². The fourth-order valence-electron chi connectivity index (χ4n) is 6.03. The second kappa shape index (κ2) is 9.90. The van der Waals surface area contributed by atoms with E-state index in [0.717, 1.165) is 57.2 Å². The molecule has 8 nitrogen and oxygen atoms in total. The first-order valence-corrected chi connectivity index (χ1v) is 12.7. The van der Waals surface area contributed by atoms with E-state index >= 15 is 0 Å². The van der Waals surface area contributed by atoms with Crippen LogP contribution in [0.1, 0.15) is 54.4 Å². The van der Waals surface area contributed by atoms with E-state index < -0.39 is 5.82 Å².